The molecule has 0 saturated carbocycles. The molecule has 5 N–H and O–H groups in total. The number of nitrogens with two attached hydrogens (primary N) is 2. The SMILES string of the molecule is CCCCCCCCCCCCCCCCCCOC[C@H](COP(=O)(O)OC[C@]1(N)CC[C@H](c2ccc3c(N)ncnn23)O1)OCc1ccc(C#N)cc1. The minimum absolute atomic E-state index is 0.181. The Hall–Kier alpha value is -2.92. The smallest absolute Gasteiger partial charge is 0.382 e. The third-order valence-electron chi connectivity index (χ3n) is 9.96. The van der Waals surface area contributed by atoms with Gasteiger partial charge < -0.3 is 30.6 Å². The van der Waals surface area contributed by atoms with Crippen LogP contribution in [-0.4, -0.2) is 57.7 Å². The average Bonchev–Trinajstić information content (AvgIpc) is 3.79. The van der Waals surface area contributed by atoms with Crippen LogP contribution >= 0.6 is 7.82 Å². The summed E-state index contributed by atoms with van der Waals surface area (Å²) in [7, 11) is -4.53. The molecule has 1 unspecified atom stereocenters. The van der Waals surface area contributed by atoms with Crippen molar-refractivity contribution in [2.45, 2.75) is 147 Å². The van der Waals surface area contributed by atoms with Crippen molar-refractivity contribution < 1.29 is 32.7 Å². The number of rotatable bonds is 29. The minimum atomic E-state index is -4.53. The van der Waals surface area contributed by atoms with Crippen LogP contribution in [0.1, 0.15) is 145 Å². The van der Waals surface area contributed by atoms with E-state index in [0.717, 1.165) is 24.1 Å². The maximum Gasteiger partial charge on any atom is 0.472 e. The molecule has 0 spiro atoms. The van der Waals surface area contributed by atoms with Crippen molar-refractivity contribution in [1.29, 1.82) is 5.26 Å². The molecule has 3 heterocycles. The lowest BCUT2D eigenvalue weighted by atomic mass is 10.0. The fraction of sp³-hybridized carbons (Fsp3) is 0.675. The number of aromatic nitrogens is 3. The van der Waals surface area contributed by atoms with Gasteiger partial charge in [0.15, 0.2) is 5.82 Å². The summed E-state index contributed by atoms with van der Waals surface area (Å²) in [5.74, 6) is 0.347. The molecule has 14 heteroatoms. The molecule has 1 saturated heterocycles. The van der Waals surface area contributed by atoms with E-state index in [0.29, 0.717) is 36.3 Å². The van der Waals surface area contributed by atoms with Crippen molar-refractivity contribution in [2.24, 2.45) is 5.73 Å². The molecular weight excluding hydrogens is 707 g/mol. The molecule has 0 radical (unpaired) electrons. The molecule has 0 aliphatic carbocycles. The van der Waals surface area contributed by atoms with E-state index in [-0.39, 0.29) is 26.4 Å². The molecule has 0 amide bonds. The Kier molecular flexibility index (Phi) is 19.4. The lowest BCUT2D eigenvalue weighted by molar-refractivity contribution is -0.0771. The largest absolute Gasteiger partial charge is 0.472 e. The second-order valence-corrected chi connectivity index (χ2v) is 16.0. The van der Waals surface area contributed by atoms with Gasteiger partial charge in [0.2, 0.25) is 0 Å². The van der Waals surface area contributed by atoms with Crippen molar-refractivity contribution in [3.05, 3.63) is 59.5 Å². The predicted octanol–water partition coefficient (Wildman–Crippen LogP) is 8.69. The summed E-state index contributed by atoms with van der Waals surface area (Å²) in [4.78, 5) is 14.6. The normalized spacial score (nSPS) is 18.9. The monoisotopic (exact) mass is 770 g/mol. The number of hydrogen-bond acceptors (Lipinski definition) is 11. The number of hydrogen-bond donors (Lipinski definition) is 3. The van der Waals surface area contributed by atoms with Gasteiger partial charge in [0.25, 0.3) is 0 Å². The van der Waals surface area contributed by atoms with Crippen molar-refractivity contribution in [2.75, 3.05) is 32.2 Å². The molecule has 4 rings (SSSR count). The second-order valence-electron chi connectivity index (χ2n) is 14.6. The molecule has 300 valence electrons. The molecular formula is C40H63N6O7P. The lowest BCUT2D eigenvalue weighted by Crippen LogP contribution is -2.43. The highest BCUT2D eigenvalue weighted by molar-refractivity contribution is 7.47. The van der Waals surface area contributed by atoms with Gasteiger partial charge in [-0.15, -0.1) is 0 Å². The van der Waals surface area contributed by atoms with Gasteiger partial charge in [0.1, 0.15) is 36.4 Å². The van der Waals surface area contributed by atoms with Crippen molar-refractivity contribution in [3.8, 4) is 6.07 Å². The van der Waals surface area contributed by atoms with Gasteiger partial charge in [0.05, 0.1) is 37.1 Å². The number of phosphoric ester groups is 1. The maximum absolute atomic E-state index is 13.0. The summed E-state index contributed by atoms with van der Waals surface area (Å²) in [6.45, 7) is 2.63. The van der Waals surface area contributed by atoms with E-state index in [2.05, 4.69) is 23.1 Å². The second kappa shape index (κ2) is 23.9. The summed E-state index contributed by atoms with van der Waals surface area (Å²) in [6, 6.07) is 12.8. The van der Waals surface area contributed by atoms with Gasteiger partial charge in [-0.2, -0.15) is 10.4 Å². The lowest BCUT2D eigenvalue weighted by Gasteiger charge is -2.26. The highest BCUT2D eigenvalue weighted by Crippen LogP contribution is 2.46. The van der Waals surface area contributed by atoms with Gasteiger partial charge in [-0.1, -0.05) is 115 Å². The Morgan fingerprint density at radius 2 is 1.57 bits per heavy atom. The first-order valence-electron chi connectivity index (χ1n) is 20.1. The van der Waals surface area contributed by atoms with E-state index in [1.54, 1.807) is 22.7 Å². The van der Waals surface area contributed by atoms with Crippen LogP contribution < -0.4 is 11.5 Å². The van der Waals surface area contributed by atoms with Crippen molar-refractivity contribution >= 4 is 19.2 Å². The molecule has 1 aromatic carbocycles. The topological polar surface area (TPSA) is 189 Å². The fourth-order valence-corrected chi connectivity index (χ4v) is 7.53. The quantitative estimate of drug-likeness (QED) is 0.0450. The summed E-state index contributed by atoms with van der Waals surface area (Å²) < 4.78 is 43.4. The standard InChI is InChI=1S/C40H63N6O7P/c1-2-3-4-5-6-7-8-9-10-11-12-13-14-15-16-17-26-49-29-35(50-28-34-20-18-33(27-41)19-21-34)30-51-54(47,48)52-31-40(43)25-24-38(53-40)36-22-23-37-39(42)44-32-45-46(36)37/h18-23,32,35,38H,2-17,24-26,28-31,43H2,1H3,(H,47,48)(H2,42,44,45)/t35-,38-,40+/m1/s1. The van der Waals surface area contributed by atoms with E-state index in [1.807, 2.05) is 18.2 Å². The zero-order valence-electron chi connectivity index (χ0n) is 32.2. The van der Waals surface area contributed by atoms with Gasteiger partial charge in [-0.25, -0.2) is 14.1 Å². The maximum atomic E-state index is 13.0. The molecule has 4 atom stereocenters. The number of nitrogen functional groups attached to an aromatic ring is 1. The highest BCUT2D eigenvalue weighted by Gasteiger charge is 2.41. The van der Waals surface area contributed by atoms with Crippen LogP contribution in [0.4, 0.5) is 5.82 Å². The zero-order chi connectivity index (χ0) is 38.5. The summed E-state index contributed by atoms with van der Waals surface area (Å²) in [6.07, 6.45) is 22.1. The predicted molar refractivity (Wildman–Crippen MR) is 209 cm³/mol. The molecule has 2 aromatic heterocycles. The number of unbranched alkanes of at least 4 members (excludes halogenated alkanes) is 15. The zero-order valence-corrected chi connectivity index (χ0v) is 33.1. The Morgan fingerprint density at radius 3 is 2.20 bits per heavy atom. The van der Waals surface area contributed by atoms with E-state index in [1.165, 1.54) is 96.2 Å². The molecule has 1 aliphatic heterocycles. The van der Waals surface area contributed by atoms with Crippen LogP contribution in [0.15, 0.2) is 42.7 Å². The number of ether oxygens (including phenoxy) is 3. The van der Waals surface area contributed by atoms with Gasteiger partial charge >= 0.3 is 7.82 Å². The third-order valence-corrected chi connectivity index (χ3v) is 10.9. The Balaban J connectivity index is 1.12. The molecule has 13 nitrogen and oxygen atoms in total. The van der Waals surface area contributed by atoms with E-state index in [4.69, 9.17) is 40.0 Å². The van der Waals surface area contributed by atoms with Crippen LogP contribution in [0.3, 0.4) is 0 Å². The van der Waals surface area contributed by atoms with Crippen molar-refractivity contribution in [1.82, 2.24) is 14.6 Å². The van der Waals surface area contributed by atoms with E-state index in [9.17, 15) is 9.46 Å². The summed E-state index contributed by atoms with van der Waals surface area (Å²) in [5.41, 5.74) is 13.9. The van der Waals surface area contributed by atoms with Crippen LogP contribution in [0.5, 0.6) is 0 Å². The number of anilines is 1. The van der Waals surface area contributed by atoms with Crippen LogP contribution in [0.2, 0.25) is 0 Å². The molecule has 0 bridgehead atoms. The highest BCUT2D eigenvalue weighted by atomic mass is 31.2. The summed E-state index contributed by atoms with van der Waals surface area (Å²) >= 11 is 0. The Morgan fingerprint density at radius 1 is 0.944 bits per heavy atom. The first-order valence-corrected chi connectivity index (χ1v) is 21.6. The van der Waals surface area contributed by atoms with E-state index >= 15 is 0 Å². The van der Waals surface area contributed by atoms with Crippen molar-refractivity contribution in [3.63, 3.8) is 0 Å². The molecule has 54 heavy (non-hydrogen) atoms. The molecule has 3 aromatic rings. The van der Waals surface area contributed by atoms with Gasteiger partial charge in [0, 0.05) is 6.61 Å². The van der Waals surface area contributed by atoms with Gasteiger partial charge in [-0.05, 0) is 49.1 Å². The Bertz CT molecular complexity index is 1580. The van der Waals surface area contributed by atoms with Crippen LogP contribution in [0, 0.1) is 11.3 Å². The number of nitrogens with zero attached hydrogens (tertiary/aromatic N) is 4. The third kappa shape index (κ3) is 15.7. The number of nitriles is 1. The first-order chi connectivity index (χ1) is 26.2. The molecule has 1 fully saturated rings. The average molecular weight is 771 g/mol. The summed E-state index contributed by atoms with van der Waals surface area (Å²) in [5, 5.41) is 13.4. The molecule has 1 aliphatic rings. The number of fused-ring (bicyclic) bond motifs is 1. The van der Waals surface area contributed by atoms with Crippen LogP contribution in [0.25, 0.3) is 5.52 Å². The number of benzene rings is 1. The van der Waals surface area contributed by atoms with E-state index < -0.39 is 25.8 Å². The van der Waals surface area contributed by atoms with Gasteiger partial charge in [-0.3, -0.25) is 9.05 Å². The number of phosphoric acid groups is 1. The van der Waals surface area contributed by atoms with Crippen LogP contribution in [-0.2, 0) is 34.4 Å². The minimum Gasteiger partial charge on any atom is -0.382 e. The Labute approximate surface area is 321 Å². The fourth-order valence-electron chi connectivity index (χ4n) is 6.71. The first kappa shape index (κ1) is 43.8.